The number of ether oxygens (including phenoxy) is 3. The Balaban J connectivity index is 2.03. The third kappa shape index (κ3) is 4.41. The van der Waals surface area contributed by atoms with Crippen molar-refractivity contribution in [2.75, 3.05) is 20.3 Å². The summed E-state index contributed by atoms with van der Waals surface area (Å²) in [6.07, 6.45) is 0. The second-order valence-electron chi connectivity index (χ2n) is 5.23. The summed E-state index contributed by atoms with van der Waals surface area (Å²) in [6.45, 7) is 4.55. The number of aromatic carboxylic acids is 1. The molecule has 0 spiro atoms. The Morgan fingerprint density at radius 1 is 1.08 bits per heavy atom. The molecule has 6 heteroatoms. The second kappa shape index (κ2) is 8.06. The van der Waals surface area contributed by atoms with Gasteiger partial charge in [-0.2, -0.15) is 0 Å². The van der Waals surface area contributed by atoms with Crippen LogP contribution < -0.4 is 14.2 Å². The van der Waals surface area contributed by atoms with Crippen molar-refractivity contribution in [1.82, 2.24) is 0 Å². The van der Waals surface area contributed by atoms with E-state index in [2.05, 4.69) is 15.9 Å². The number of carboxylic acid groups (broad SMARTS) is 1. The first-order chi connectivity index (χ1) is 11.4. The lowest BCUT2D eigenvalue weighted by molar-refractivity contribution is 0.0690. The average molecular weight is 395 g/mol. The highest BCUT2D eigenvalue weighted by atomic mass is 79.9. The summed E-state index contributed by atoms with van der Waals surface area (Å²) < 4.78 is 17.0. The predicted molar refractivity (Wildman–Crippen MR) is 94.6 cm³/mol. The van der Waals surface area contributed by atoms with Gasteiger partial charge in [0, 0.05) is 4.47 Å². The quantitative estimate of drug-likeness (QED) is 0.711. The summed E-state index contributed by atoms with van der Waals surface area (Å²) in [7, 11) is 1.46. The summed E-state index contributed by atoms with van der Waals surface area (Å²) >= 11 is 3.26. The van der Waals surface area contributed by atoms with E-state index in [1.165, 1.54) is 18.7 Å². The SMILES string of the molecule is COc1cc(Br)cc(C(=O)O)c1OCCOc1ccc(C)c(C)c1. The van der Waals surface area contributed by atoms with Crippen molar-refractivity contribution in [3.8, 4) is 17.2 Å². The smallest absolute Gasteiger partial charge is 0.339 e. The maximum absolute atomic E-state index is 11.4. The van der Waals surface area contributed by atoms with Crippen LogP contribution in [-0.2, 0) is 0 Å². The molecule has 0 aromatic heterocycles. The number of rotatable bonds is 7. The number of halogens is 1. The van der Waals surface area contributed by atoms with Gasteiger partial charge in [0.15, 0.2) is 11.5 Å². The zero-order valence-corrected chi connectivity index (χ0v) is 15.3. The van der Waals surface area contributed by atoms with Crippen molar-refractivity contribution >= 4 is 21.9 Å². The molecule has 2 aromatic rings. The van der Waals surface area contributed by atoms with E-state index in [0.29, 0.717) is 16.8 Å². The van der Waals surface area contributed by atoms with Gasteiger partial charge in [0.2, 0.25) is 0 Å². The molecule has 24 heavy (non-hydrogen) atoms. The molecule has 2 aromatic carbocycles. The summed E-state index contributed by atoms with van der Waals surface area (Å²) in [5.74, 6) is 0.215. The number of methoxy groups -OCH3 is 1. The van der Waals surface area contributed by atoms with E-state index in [4.69, 9.17) is 14.2 Å². The topological polar surface area (TPSA) is 65.0 Å². The Kier molecular flexibility index (Phi) is 6.09. The van der Waals surface area contributed by atoms with Crippen molar-refractivity contribution < 1.29 is 24.1 Å². The zero-order valence-electron chi connectivity index (χ0n) is 13.8. The summed E-state index contributed by atoms with van der Waals surface area (Å²) in [5, 5.41) is 9.31. The Hall–Kier alpha value is -2.21. The fraction of sp³-hybridized carbons (Fsp3) is 0.278. The van der Waals surface area contributed by atoms with Crippen LogP contribution in [0.15, 0.2) is 34.8 Å². The molecule has 0 radical (unpaired) electrons. The van der Waals surface area contributed by atoms with Gasteiger partial charge in [-0.05, 0) is 49.2 Å². The molecule has 128 valence electrons. The van der Waals surface area contributed by atoms with Crippen molar-refractivity contribution in [2.45, 2.75) is 13.8 Å². The Bertz CT molecular complexity index is 742. The fourth-order valence-corrected chi connectivity index (χ4v) is 2.57. The molecule has 0 unspecified atom stereocenters. The highest BCUT2D eigenvalue weighted by molar-refractivity contribution is 9.10. The van der Waals surface area contributed by atoms with Crippen LogP contribution in [0.1, 0.15) is 21.5 Å². The molecular weight excluding hydrogens is 376 g/mol. The van der Waals surface area contributed by atoms with E-state index in [9.17, 15) is 9.90 Å². The molecule has 1 N–H and O–H groups in total. The molecule has 0 heterocycles. The molecule has 5 nitrogen and oxygen atoms in total. The van der Waals surface area contributed by atoms with Crippen molar-refractivity contribution in [2.24, 2.45) is 0 Å². The second-order valence-corrected chi connectivity index (χ2v) is 6.15. The zero-order chi connectivity index (χ0) is 17.7. The van der Waals surface area contributed by atoms with Crippen LogP contribution in [0.2, 0.25) is 0 Å². The number of carbonyl (C=O) groups is 1. The highest BCUT2D eigenvalue weighted by Crippen LogP contribution is 2.34. The first-order valence-corrected chi connectivity index (χ1v) is 8.15. The third-order valence-electron chi connectivity index (χ3n) is 3.55. The fourth-order valence-electron chi connectivity index (χ4n) is 2.13. The van der Waals surface area contributed by atoms with Crippen LogP contribution in [0.5, 0.6) is 17.2 Å². The lowest BCUT2D eigenvalue weighted by atomic mass is 10.1. The molecule has 0 aliphatic rings. The molecule has 2 rings (SSSR count). The van der Waals surface area contributed by atoms with E-state index in [1.807, 2.05) is 32.0 Å². The van der Waals surface area contributed by atoms with Gasteiger partial charge in [0.25, 0.3) is 0 Å². The molecule has 0 saturated carbocycles. The number of aryl methyl sites for hydroxylation is 2. The van der Waals surface area contributed by atoms with E-state index in [1.54, 1.807) is 6.07 Å². The summed E-state index contributed by atoms with van der Waals surface area (Å²) in [6, 6.07) is 8.98. The molecule has 0 bridgehead atoms. The van der Waals surface area contributed by atoms with Crippen LogP contribution >= 0.6 is 15.9 Å². The number of benzene rings is 2. The van der Waals surface area contributed by atoms with Crippen molar-refractivity contribution in [3.05, 3.63) is 51.5 Å². The lowest BCUT2D eigenvalue weighted by Gasteiger charge is -2.14. The van der Waals surface area contributed by atoms with Gasteiger partial charge in [0.1, 0.15) is 24.5 Å². The molecule has 0 atom stereocenters. The van der Waals surface area contributed by atoms with E-state index in [0.717, 1.165) is 11.3 Å². The lowest BCUT2D eigenvalue weighted by Crippen LogP contribution is -2.12. The maximum atomic E-state index is 11.4. The van der Waals surface area contributed by atoms with E-state index in [-0.39, 0.29) is 17.9 Å². The van der Waals surface area contributed by atoms with Gasteiger partial charge in [-0.1, -0.05) is 22.0 Å². The molecule has 0 fully saturated rings. The monoisotopic (exact) mass is 394 g/mol. The Morgan fingerprint density at radius 2 is 1.79 bits per heavy atom. The largest absolute Gasteiger partial charge is 0.493 e. The summed E-state index contributed by atoms with van der Waals surface area (Å²) in [4.78, 5) is 11.4. The van der Waals surface area contributed by atoms with Crippen molar-refractivity contribution in [3.63, 3.8) is 0 Å². The Morgan fingerprint density at radius 3 is 2.42 bits per heavy atom. The molecule has 0 amide bonds. The molecule has 0 saturated heterocycles. The minimum atomic E-state index is -1.08. The molecule has 0 aliphatic heterocycles. The number of carboxylic acids is 1. The van der Waals surface area contributed by atoms with Gasteiger partial charge in [-0.15, -0.1) is 0 Å². The maximum Gasteiger partial charge on any atom is 0.339 e. The van der Waals surface area contributed by atoms with Gasteiger partial charge >= 0.3 is 5.97 Å². The standard InChI is InChI=1S/C18H19BrO5/c1-11-4-5-14(8-12(11)2)23-6-7-24-17-15(18(20)21)9-13(19)10-16(17)22-3/h4-5,8-10H,6-7H2,1-3H3,(H,20,21). The van der Waals surface area contributed by atoms with Crippen LogP contribution in [-0.4, -0.2) is 31.4 Å². The van der Waals surface area contributed by atoms with Crippen molar-refractivity contribution in [1.29, 1.82) is 0 Å². The first kappa shape index (κ1) is 18.1. The van der Waals surface area contributed by atoms with Gasteiger partial charge in [-0.3, -0.25) is 0 Å². The van der Waals surface area contributed by atoms with E-state index >= 15 is 0 Å². The summed E-state index contributed by atoms with van der Waals surface area (Å²) in [5.41, 5.74) is 2.38. The average Bonchev–Trinajstić information content (AvgIpc) is 2.54. The third-order valence-corrected chi connectivity index (χ3v) is 4.00. The highest BCUT2D eigenvalue weighted by Gasteiger charge is 2.18. The van der Waals surface area contributed by atoms with Crippen LogP contribution in [0.4, 0.5) is 0 Å². The van der Waals surface area contributed by atoms with Crippen LogP contribution in [0, 0.1) is 13.8 Å². The van der Waals surface area contributed by atoms with E-state index < -0.39 is 5.97 Å². The molecule has 0 aliphatic carbocycles. The predicted octanol–water partition coefficient (Wildman–Crippen LogP) is 4.23. The van der Waals surface area contributed by atoms with Crippen LogP contribution in [0.25, 0.3) is 0 Å². The number of hydrogen-bond acceptors (Lipinski definition) is 4. The van der Waals surface area contributed by atoms with Gasteiger partial charge in [0.05, 0.1) is 7.11 Å². The van der Waals surface area contributed by atoms with Crippen LogP contribution in [0.3, 0.4) is 0 Å². The Labute approximate surface area is 149 Å². The van der Waals surface area contributed by atoms with Gasteiger partial charge < -0.3 is 19.3 Å². The normalized spacial score (nSPS) is 10.3. The first-order valence-electron chi connectivity index (χ1n) is 7.36. The van der Waals surface area contributed by atoms with Gasteiger partial charge in [-0.25, -0.2) is 4.79 Å². The minimum Gasteiger partial charge on any atom is -0.493 e. The number of hydrogen-bond donors (Lipinski definition) is 1. The molecular formula is C18H19BrO5. The minimum absolute atomic E-state index is 0.0346.